The highest BCUT2D eigenvalue weighted by atomic mass is 16.6. The molecular formula is C11H22N2O3. The van der Waals surface area contributed by atoms with Crippen LogP contribution in [0.4, 0.5) is 4.79 Å². The van der Waals surface area contributed by atoms with Crippen LogP contribution < -0.4 is 0 Å². The van der Waals surface area contributed by atoms with Gasteiger partial charge in [0, 0.05) is 20.6 Å². The summed E-state index contributed by atoms with van der Waals surface area (Å²) in [4.78, 5) is 26.0. The van der Waals surface area contributed by atoms with Crippen molar-refractivity contribution >= 4 is 12.0 Å². The molecule has 0 aliphatic carbocycles. The maximum absolute atomic E-state index is 11.7. The van der Waals surface area contributed by atoms with Crippen LogP contribution in [-0.4, -0.2) is 54.6 Å². The minimum atomic E-state index is -0.536. The van der Waals surface area contributed by atoms with Crippen molar-refractivity contribution in [3.8, 4) is 0 Å². The van der Waals surface area contributed by atoms with E-state index in [0.717, 1.165) is 0 Å². The fourth-order valence-corrected chi connectivity index (χ4v) is 0.937. The molecule has 0 saturated heterocycles. The number of likely N-dealkylation sites (N-methyl/N-ethyl adjacent to an activating group) is 2. The third kappa shape index (κ3) is 5.58. The lowest BCUT2D eigenvalue weighted by Crippen LogP contribution is -2.42. The molecule has 5 heteroatoms. The third-order valence-corrected chi connectivity index (χ3v) is 1.86. The first kappa shape index (κ1) is 14.7. The van der Waals surface area contributed by atoms with Crippen molar-refractivity contribution < 1.29 is 14.3 Å². The Labute approximate surface area is 97.3 Å². The normalized spacial score (nSPS) is 10.9. The molecule has 0 rings (SSSR count). The van der Waals surface area contributed by atoms with Crippen molar-refractivity contribution in [1.82, 2.24) is 9.80 Å². The molecule has 0 bridgehead atoms. The highest BCUT2D eigenvalue weighted by molar-refractivity contribution is 5.82. The molecule has 0 aliphatic heterocycles. The number of nitrogens with zero attached hydrogens (tertiary/aromatic N) is 2. The minimum Gasteiger partial charge on any atom is -0.444 e. The summed E-state index contributed by atoms with van der Waals surface area (Å²) >= 11 is 0. The second-order valence-electron chi connectivity index (χ2n) is 4.78. The van der Waals surface area contributed by atoms with Gasteiger partial charge < -0.3 is 9.64 Å². The molecule has 16 heavy (non-hydrogen) atoms. The summed E-state index contributed by atoms with van der Waals surface area (Å²) in [5.74, 6) is -0.118. The summed E-state index contributed by atoms with van der Waals surface area (Å²) in [5, 5.41) is 0. The van der Waals surface area contributed by atoms with Crippen LogP contribution in [0.2, 0.25) is 0 Å². The lowest BCUT2D eigenvalue weighted by atomic mass is 10.2. The summed E-state index contributed by atoms with van der Waals surface area (Å²) in [7, 11) is 3.32. The van der Waals surface area contributed by atoms with Gasteiger partial charge in [0.25, 0.3) is 0 Å². The molecular weight excluding hydrogens is 208 g/mol. The van der Waals surface area contributed by atoms with Crippen molar-refractivity contribution in [3.63, 3.8) is 0 Å². The van der Waals surface area contributed by atoms with Crippen LogP contribution in [0.5, 0.6) is 0 Å². The molecule has 0 saturated carbocycles. The molecule has 0 radical (unpaired) electrons. The quantitative estimate of drug-likeness (QED) is 0.735. The molecule has 0 aromatic rings. The topological polar surface area (TPSA) is 49.9 Å². The van der Waals surface area contributed by atoms with Gasteiger partial charge in [-0.1, -0.05) is 0 Å². The summed E-state index contributed by atoms with van der Waals surface area (Å²) in [6, 6.07) is 0. The standard InChI is InChI=1S/C11H22N2O3/c1-7-13(8-9(14)12(5)6)10(15)16-11(2,3)4/h7-8H2,1-6H3. The van der Waals surface area contributed by atoms with Gasteiger partial charge in [-0.3, -0.25) is 9.69 Å². The summed E-state index contributed by atoms with van der Waals surface area (Å²) in [5.41, 5.74) is -0.536. The van der Waals surface area contributed by atoms with E-state index in [1.54, 1.807) is 34.9 Å². The van der Waals surface area contributed by atoms with Crippen LogP contribution in [0.15, 0.2) is 0 Å². The van der Waals surface area contributed by atoms with E-state index < -0.39 is 11.7 Å². The molecule has 94 valence electrons. The van der Waals surface area contributed by atoms with Crippen LogP contribution in [0.25, 0.3) is 0 Å². The molecule has 5 nitrogen and oxygen atoms in total. The van der Waals surface area contributed by atoms with Crippen LogP contribution in [0.1, 0.15) is 27.7 Å². The molecule has 0 heterocycles. The van der Waals surface area contributed by atoms with Crippen molar-refractivity contribution in [1.29, 1.82) is 0 Å². The maximum atomic E-state index is 11.7. The first-order valence-electron chi connectivity index (χ1n) is 5.35. The van der Waals surface area contributed by atoms with Crippen LogP contribution >= 0.6 is 0 Å². The monoisotopic (exact) mass is 230 g/mol. The average molecular weight is 230 g/mol. The second-order valence-corrected chi connectivity index (χ2v) is 4.78. The number of carbonyl (C=O) groups excluding carboxylic acids is 2. The Morgan fingerprint density at radius 2 is 1.69 bits per heavy atom. The minimum absolute atomic E-state index is 0.0540. The predicted octanol–water partition coefficient (Wildman–Crippen LogP) is 1.33. The second kappa shape index (κ2) is 5.72. The lowest BCUT2D eigenvalue weighted by molar-refractivity contribution is -0.129. The third-order valence-electron chi connectivity index (χ3n) is 1.86. The number of hydrogen-bond acceptors (Lipinski definition) is 3. The van der Waals surface area contributed by atoms with Crippen LogP contribution in [0.3, 0.4) is 0 Å². The van der Waals surface area contributed by atoms with E-state index >= 15 is 0 Å². The Hall–Kier alpha value is -1.26. The van der Waals surface area contributed by atoms with Crippen LogP contribution in [-0.2, 0) is 9.53 Å². The van der Waals surface area contributed by atoms with Gasteiger partial charge in [-0.2, -0.15) is 0 Å². The lowest BCUT2D eigenvalue weighted by Gasteiger charge is -2.26. The molecule has 0 fully saturated rings. The average Bonchev–Trinajstić information content (AvgIpc) is 2.10. The number of rotatable bonds is 3. The smallest absolute Gasteiger partial charge is 0.410 e. The van der Waals surface area contributed by atoms with Gasteiger partial charge >= 0.3 is 6.09 Å². The Morgan fingerprint density at radius 1 is 1.19 bits per heavy atom. The molecule has 0 unspecified atom stereocenters. The summed E-state index contributed by atoms with van der Waals surface area (Å²) < 4.78 is 5.19. The van der Waals surface area contributed by atoms with E-state index in [4.69, 9.17) is 4.74 Å². The molecule has 0 atom stereocenters. The Balaban J connectivity index is 4.39. The molecule has 0 aromatic carbocycles. The Kier molecular flexibility index (Phi) is 5.27. The summed E-state index contributed by atoms with van der Waals surface area (Å²) in [6.45, 7) is 7.71. The van der Waals surface area contributed by atoms with Crippen molar-refractivity contribution in [2.45, 2.75) is 33.3 Å². The zero-order chi connectivity index (χ0) is 12.9. The van der Waals surface area contributed by atoms with E-state index in [0.29, 0.717) is 6.54 Å². The molecule has 0 aliphatic rings. The number of ether oxygens (including phenoxy) is 1. The van der Waals surface area contributed by atoms with Gasteiger partial charge in [0.15, 0.2) is 0 Å². The van der Waals surface area contributed by atoms with Crippen molar-refractivity contribution in [3.05, 3.63) is 0 Å². The van der Waals surface area contributed by atoms with Crippen molar-refractivity contribution in [2.75, 3.05) is 27.2 Å². The Bertz CT molecular complexity index is 256. The number of amides is 2. The van der Waals surface area contributed by atoms with Gasteiger partial charge in [-0.25, -0.2) is 4.79 Å². The van der Waals surface area contributed by atoms with Crippen LogP contribution in [0, 0.1) is 0 Å². The molecule has 0 aromatic heterocycles. The fraction of sp³-hybridized carbons (Fsp3) is 0.818. The molecule has 0 N–H and O–H groups in total. The first-order chi connectivity index (χ1) is 7.17. The summed E-state index contributed by atoms with van der Waals surface area (Å²) in [6.07, 6.45) is -0.454. The van der Waals surface area contributed by atoms with Gasteiger partial charge in [0.2, 0.25) is 5.91 Å². The van der Waals surface area contributed by atoms with Gasteiger partial charge in [0.05, 0.1) is 0 Å². The fourth-order valence-electron chi connectivity index (χ4n) is 0.937. The molecule has 0 spiro atoms. The zero-order valence-corrected chi connectivity index (χ0v) is 11.0. The highest BCUT2D eigenvalue weighted by Crippen LogP contribution is 2.09. The van der Waals surface area contributed by atoms with E-state index in [2.05, 4.69) is 0 Å². The first-order valence-corrected chi connectivity index (χ1v) is 5.35. The predicted molar refractivity (Wildman–Crippen MR) is 62.2 cm³/mol. The van der Waals surface area contributed by atoms with E-state index in [-0.39, 0.29) is 12.5 Å². The number of hydrogen-bond donors (Lipinski definition) is 0. The molecule has 2 amide bonds. The maximum Gasteiger partial charge on any atom is 0.410 e. The largest absolute Gasteiger partial charge is 0.444 e. The highest BCUT2D eigenvalue weighted by Gasteiger charge is 2.23. The van der Waals surface area contributed by atoms with E-state index in [1.807, 2.05) is 6.92 Å². The van der Waals surface area contributed by atoms with Gasteiger partial charge in [-0.05, 0) is 27.7 Å². The number of carbonyl (C=O) groups is 2. The van der Waals surface area contributed by atoms with Gasteiger partial charge in [-0.15, -0.1) is 0 Å². The van der Waals surface area contributed by atoms with E-state index in [1.165, 1.54) is 9.80 Å². The van der Waals surface area contributed by atoms with Gasteiger partial charge in [0.1, 0.15) is 12.1 Å². The SMILES string of the molecule is CCN(CC(=O)N(C)C)C(=O)OC(C)(C)C. The zero-order valence-electron chi connectivity index (χ0n) is 11.0. The van der Waals surface area contributed by atoms with Crippen molar-refractivity contribution in [2.24, 2.45) is 0 Å². The Morgan fingerprint density at radius 3 is 2.00 bits per heavy atom. The van der Waals surface area contributed by atoms with E-state index in [9.17, 15) is 9.59 Å².